The largest absolute Gasteiger partial charge is 0.465 e. The van der Waals surface area contributed by atoms with Gasteiger partial charge in [0, 0.05) is 5.02 Å². The van der Waals surface area contributed by atoms with Crippen molar-refractivity contribution in [1.29, 1.82) is 0 Å². The maximum absolute atomic E-state index is 13.8. The van der Waals surface area contributed by atoms with Crippen molar-refractivity contribution in [3.05, 3.63) is 28.5 Å². The molecule has 0 saturated carbocycles. The van der Waals surface area contributed by atoms with Gasteiger partial charge in [-0.2, -0.15) is 0 Å². The number of hydrogen-bond donors (Lipinski definition) is 1. The van der Waals surface area contributed by atoms with Crippen molar-refractivity contribution in [2.24, 2.45) is 0 Å². The van der Waals surface area contributed by atoms with Crippen LogP contribution < -0.4 is 5.32 Å². The van der Waals surface area contributed by atoms with E-state index in [4.69, 9.17) is 16.3 Å². The molecule has 0 atom stereocenters. The molecule has 5 nitrogen and oxygen atoms in total. The lowest BCUT2D eigenvalue weighted by Gasteiger charge is -2.20. The second kappa shape index (κ2) is 6.09. The van der Waals surface area contributed by atoms with Crippen molar-refractivity contribution in [3.63, 3.8) is 0 Å². The number of ether oxygens (including phenoxy) is 2. The summed E-state index contributed by atoms with van der Waals surface area (Å²) in [6.45, 7) is 5.02. The minimum absolute atomic E-state index is 0.0289. The van der Waals surface area contributed by atoms with Crippen molar-refractivity contribution in [3.8, 4) is 0 Å². The van der Waals surface area contributed by atoms with Gasteiger partial charge in [0.1, 0.15) is 17.0 Å². The molecule has 0 aliphatic rings. The van der Waals surface area contributed by atoms with Gasteiger partial charge in [-0.15, -0.1) is 0 Å². The van der Waals surface area contributed by atoms with Gasteiger partial charge in [-0.25, -0.2) is 14.0 Å². The summed E-state index contributed by atoms with van der Waals surface area (Å²) >= 11 is 5.70. The Morgan fingerprint density at radius 1 is 1.30 bits per heavy atom. The summed E-state index contributed by atoms with van der Waals surface area (Å²) in [5.41, 5.74) is -1.26. The van der Waals surface area contributed by atoms with Crippen LogP contribution in [0.1, 0.15) is 31.1 Å². The number of hydrogen-bond acceptors (Lipinski definition) is 4. The third-order valence-corrected chi connectivity index (χ3v) is 2.30. The van der Waals surface area contributed by atoms with Crippen molar-refractivity contribution >= 4 is 29.4 Å². The Morgan fingerprint density at radius 2 is 1.90 bits per heavy atom. The predicted octanol–water partition coefficient (Wildman–Crippen LogP) is 3.61. The van der Waals surface area contributed by atoms with Gasteiger partial charge in [-0.05, 0) is 32.9 Å². The Balaban J connectivity index is 3.11. The maximum Gasteiger partial charge on any atom is 0.412 e. The van der Waals surface area contributed by atoms with E-state index in [9.17, 15) is 14.0 Å². The number of benzene rings is 1. The third kappa shape index (κ3) is 4.38. The SMILES string of the molecule is COC(=O)c1c(F)cc(Cl)cc1NC(=O)OC(C)(C)C. The van der Waals surface area contributed by atoms with E-state index in [1.54, 1.807) is 20.8 Å². The first-order chi connectivity index (χ1) is 9.14. The van der Waals surface area contributed by atoms with Crippen molar-refractivity contribution in [2.75, 3.05) is 12.4 Å². The standard InChI is InChI=1S/C13H15ClFNO4/c1-13(2,3)20-12(18)16-9-6-7(14)5-8(15)10(9)11(17)19-4/h5-6H,1-4H3,(H,16,18). The topological polar surface area (TPSA) is 64.6 Å². The smallest absolute Gasteiger partial charge is 0.412 e. The van der Waals surface area contributed by atoms with Crippen LogP contribution in [0.5, 0.6) is 0 Å². The first-order valence-electron chi connectivity index (χ1n) is 5.71. The molecule has 0 bridgehead atoms. The molecule has 20 heavy (non-hydrogen) atoms. The summed E-state index contributed by atoms with van der Waals surface area (Å²) in [4.78, 5) is 23.2. The van der Waals surface area contributed by atoms with Crippen LogP contribution in [0.25, 0.3) is 0 Å². The number of amides is 1. The number of esters is 1. The van der Waals surface area contributed by atoms with E-state index >= 15 is 0 Å². The van der Waals surface area contributed by atoms with Gasteiger partial charge in [0.25, 0.3) is 0 Å². The molecule has 0 aliphatic heterocycles. The summed E-state index contributed by atoms with van der Waals surface area (Å²) in [6, 6.07) is 2.19. The van der Waals surface area contributed by atoms with Crippen LogP contribution in [0, 0.1) is 5.82 Å². The third-order valence-electron chi connectivity index (χ3n) is 2.08. The van der Waals surface area contributed by atoms with Crippen molar-refractivity contribution < 1.29 is 23.5 Å². The quantitative estimate of drug-likeness (QED) is 0.848. The number of carbonyl (C=O) groups is 2. The molecule has 0 radical (unpaired) electrons. The number of methoxy groups -OCH3 is 1. The van der Waals surface area contributed by atoms with E-state index in [2.05, 4.69) is 10.1 Å². The van der Waals surface area contributed by atoms with E-state index in [0.717, 1.165) is 13.2 Å². The average Bonchev–Trinajstić information content (AvgIpc) is 2.24. The van der Waals surface area contributed by atoms with Crippen LogP contribution in [0.2, 0.25) is 5.02 Å². The lowest BCUT2D eigenvalue weighted by molar-refractivity contribution is 0.0596. The Labute approximate surface area is 121 Å². The summed E-state index contributed by atoms with van der Waals surface area (Å²) in [5, 5.41) is 2.31. The lowest BCUT2D eigenvalue weighted by atomic mass is 10.1. The fraction of sp³-hybridized carbons (Fsp3) is 0.385. The van der Waals surface area contributed by atoms with Gasteiger partial charge >= 0.3 is 12.1 Å². The first kappa shape index (κ1) is 16.2. The molecule has 0 aromatic heterocycles. The highest BCUT2D eigenvalue weighted by Crippen LogP contribution is 2.26. The van der Waals surface area contributed by atoms with E-state index in [1.165, 1.54) is 6.07 Å². The zero-order valence-electron chi connectivity index (χ0n) is 11.5. The number of nitrogens with one attached hydrogen (secondary N) is 1. The molecule has 0 aliphatic carbocycles. The van der Waals surface area contributed by atoms with E-state index in [0.29, 0.717) is 0 Å². The van der Waals surface area contributed by atoms with Crippen LogP contribution in [-0.4, -0.2) is 24.8 Å². The molecule has 1 aromatic carbocycles. The zero-order valence-corrected chi connectivity index (χ0v) is 12.3. The van der Waals surface area contributed by atoms with Crippen LogP contribution in [0.3, 0.4) is 0 Å². The summed E-state index contributed by atoms with van der Waals surface area (Å²) in [6.07, 6.45) is -0.829. The van der Waals surface area contributed by atoms with Gasteiger partial charge in [-0.1, -0.05) is 11.6 Å². The van der Waals surface area contributed by atoms with Gasteiger partial charge in [0.15, 0.2) is 0 Å². The Morgan fingerprint density at radius 3 is 2.40 bits per heavy atom. The Kier molecular flexibility index (Phi) is 4.94. The van der Waals surface area contributed by atoms with Gasteiger partial charge in [0.2, 0.25) is 0 Å². The fourth-order valence-corrected chi connectivity index (χ4v) is 1.60. The van der Waals surface area contributed by atoms with Crippen molar-refractivity contribution in [1.82, 2.24) is 0 Å². The average molecular weight is 304 g/mol. The molecular formula is C13H15ClFNO4. The number of rotatable bonds is 2. The van der Waals surface area contributed by atoms with E-state index < -0.39 is 29.0 Å². The summed E-state index contributed by atoms with van der Waals surface area (Å²) < 4.78 is 23.2. The van der Waals surface area contributed by atoms with Crippen LogP contribution in [0.15, 0.2) is 12.1 Å². The van der Waals surface area contributed by atoms with Crippen molar-refractivity contribution in [2.45, 2.75) is 26.4 Å². The molecule has 0 fully saturated rings. The highest BCUT2D eigenvalue weighted by atomic mass is 35.5. The molecular weight excluding hydrogens is 289 g/mol. The Bertz CT molecular complexity index is 540. The molecule has 0 heterocycles. The van der Waals surface area contributed by atoms with Crippen LogP contribution in [0.4, 0.5) is 14.9 Å². The molecule has 1 aromatic rings. The number of anilines is 1. The zero-order chi connectivity index (χ0) is 15.5. The monoisotopic (exact) mass is 303 g/mol. The molecule has 0 unspecified atom stereocenters. The first-order valence-corrected chi connectivity index (χ1v) is 6.09. The van der Waals surface area contributed by atoms with Gasteiger partial charge in [-0.3, -0.25) is 5.32 Å². The maximum atomic E-state index is 13.8. The van der Waals surface area contributed by atoms with E-state index in [-0.39, 0.29) is 10.7 Å². The minimum Gasteiger partial charge on any atom is -0.465 e. The molecule has 1 N–H and O–H groups in total. The number of carbonyl (C=O) groups excluding carboxylic acids is 2. The summed E-state index contributed by atoms with van der Waals surface area (Å²) in [7, 11) is 1.10. The lowest BCUT2D eigenvalue weighted by Crippen LogP contribution is -2.28. The van der Waals surface area contributed by atoms with Crippen LogP contribution >= 0.6 is 11.6 Å². The molecule has 110 valence electrons. The predicted molar refractivity (Wildman–Crippen MR) is 72.6 cm³/mol. The highest BCUT2D eigenvalue weighted by Gasteiger charge is 2.22. The normalized spacial score (nSPS) is 10.9. The molecule has 0 spiro atoms. The van der Waals surface area contributed by atoms with E-state index in [1.807, 2.05) is 0 Å². The van der Waals surface area contributed by atoms with Crippen LogP contribution in [-0.2, 0) is 9.47 Å². The number of halogens is 2. The second-order valence-corrected chi connectivity index (χ2v) is 5.37. The summed E-state index contributed by atoms with van der Waals surface area (Å²) in [5.74, 6) is -1.82. The molecule has 7 heteroatoms. The highest BCUT2D eigenvalue weighted by molar-refractivity contribution is 6.31. The fourth-order valence-electron chi connectivity index (χ4n) is 1.40. The van der Waals surface area contributed by atoms with Gasteiger partial charge in [0.05, 0.1) is 12.8 Å². The second-order valence-electron chi connectivity index (χ2n) is 4.93. The molecule has 0 saturated heterocycles. The van der Waals surface area contributed by atoms with Gasteiger partial charge < -0.3 is 9.47 Å². The Hall–Kier alpha value is -1.82. The minimum atomic E-state index is -0.926. The molecule has 1 rings (SSSR count). The molecule has 1 amide bonds.